The van der Waals surface area contributed by atoms with Gasteiger partial charge < -0.3 is 10.1 Å². The van der Waals surface area contributed by atoms with Crippen LogP contribution in [-0.4, -0.2) is 10.1 Å². The first kappa shape index (κ1) is 9.19. The van der Waals surface area contributed by atoms with Crippen LogP contribution in [-0.2, 0) is 0 Å². The van der Waals surface area contributed by atoms with Crippen LogP contribution in [0.5, 0.6) is 5.75 Å². The average molecular weight is 186 g/mol. The number of aromatic hydroxyl groups is 1. The Morgan fingerprint density at radius 2 is 2.23 bits per heavy atom. The van der Waals surface area contributed by atoms with Crippen molar-refractivity contribution in [1.29, 1.82) is 5.26 Å². The van der Waals surface area contributed by atoms with E-state index in [1.165, 1.54) is 6.07 Å². The third-order valence-electron chi connectivity index (χ3n) is 1.38. The molecular weight excluding hydrogens is 182 g/mol. The van der Waals surface area contributed by atoms with Crippen LogP contribution in [0, 0.1) is 11.3 Å². The summed E-state index contributed by atoms with van der Waals surface area (Å²) in [5, 5.41) is 17.3. The molecular formula is C7H4F2N2O2. The molecule has 0 amide bonds. The summed E-state index contributed by atoms with van der Waals surface area (Å²) in [5.74, 6) is -0.735. The van der Waals surface area contributed by atoms with Gasteiger partial charge in [-0.15, -0.1) is 0 Å². The highest BCUT2D eigenvalue weighted by Crippen LogP contribution is 2.24. The second kappa shape index (κ2) is 3.23. The van der Waals surface area contributed by atoms with Crippen LogP contribution in [0.15, 0.2) is 10.9 Å². The van der Waals surface area contributed by atoms with E-state index >= 15 is 0 Å². The first-order chi connectivity index (χ1) is 6.06. The van der Waals surface area contributed by atoms with Gasteiger partial charge in [-0.3, -0.25) is 4.79 Å². The van der Waals surface area contributed by atoms with Crippen molar-refractivity contribution < 1.29 is 13.9 Å². The molecule has 0 aliphatic carbocycles. The summed E-state index contributed by atoms with van der Waals surface area (Å²) in [6.07, 6.45) is -2.99. The summed E-state index contributed by atoms with van der Waals surface area (Å²) in [4.78, 5) is 12.4. The summed E-state index contributed by atoms with van der Waals surface area (Å²) in [6.45, 7) is 0. The van der Waals surface area contributed by atoms with E-state index in [4.69, 9.17) is 10.4 Å². The van der Waals surface area contributed by atoms with Gasteiger partial charge in [0.05, 0.1) is 0 Å². The number of aromatic nitrogens is 1. The predicted octanol–water partition coefficient (Wildman–Crippen LogP) is 0.890. The zero-order valence-corrected chi connectivity index (χ0v) is 6.21. The fourth-order valence-corrected chi connectivity index (χ4v) is 0.847. The highest BCUT2D eigenvalue weighted by molar-refractivity contribution is 5.44. The molecule has 0 radical (unpaired) electrons. The highest BCUT2D eigenvalue weighted by Gasteiger charge is 2.17. The number of nitrogens with one attached hydrogen (secondary N) is 1. The summed E-state index contributed by atoms with van der Waals surface area (Å²) >= 11 is 0. The first-order valence-corrected chi connectivity index (χ1v) is 3.20. The van der Waals surface area contributed by atoms with E-state index in [0.717, 1.165) is 0 Å². The Bertz CT molecular complexity index is 419. The molecule has 2 N–H and O–H groups in total. The van der Waals surface area contributed by atoms with Crippen molar-refractivity contribution in [2.75, 3.05) is 0 Å². The quantitative estimate of drug-likeness (QED) is 0.683. The molecule has 0 spiro atoms. The number of nitriles is 1. The summed E-state index contributed by atoms with van der Waals surface area (Å²) in [6, 6.07) is 2.04. The smallest absolute Gasteiger partial charge is 0.279 e. The maximum atomic E-state index is 12.1. The topological polar surface area (TPSA) is 76.9 Å². The number of rotatable bonds is 1. The van der Waals surface area contributed by atoms with E-state index in [0.29, 0.717) is 6.07 Å². The van der Waals surface area contributed by atoms with Crippen molar-refractivity contribution in [2.45, 2.75) is 6.43 Å². The van der Waals surface area contributed by atoms with Crippen LogP contribution in [0.3, 0.4) is 0 Å². The van der Waals surface area contributed by atoms with Gasteiger partial charge >= 0.3 is 0 Å². The molecule has 1 aromatic heterocycles. The van der Waals surface area contributed by atoms with Crippen LogP contribution in [0.1, 0.15) is 17.7 Å². The number of hydrogen-bond acceptors (Lipinski definition) is 3. The van der Waals surface area contributed by atoms with E-state index in [1.807, 2.05) is 0 Å². The van der Waals surface area contributed by atoms with Gasteiger partial charge in [0.25, 0.3) is 12.0 Å². The lowest BCUT2D eigenvalue weighted by atomic mass is 10.2. The molecule has 0 aliphatic heterocycles. The molecule has 68 valence electrons. The molecule has 0 saturated heterocycles. The standard InChI is InChI=1S/C7H4F2N2O2/c8-7(9)6-3(2-10)4(12)1-5(13)11-6/h1,7H,(H2,11,12,13). The Labute approximate surface area is 71.1 Å². The molecule has 0 saturated carbocycles. The fourth-order valence-electron chi connectivity index (χ4n) is 0.847. The van der Waals surface area contributed by atoms with Gasteiger partial charge in [-0.1, -0.05) is 0 Å². The normalized spacial score (nSPS) is 10.0. The van der Waals surface area contributed by atoms with Gasteiger partial charge in [-0.05, 0) is 0 Å². The average Bonchev–Trinajstić information content (AvgIpc) is 2.02. The zero-order chi connectivity index (χ0) is 10.0. The Morgan fingerprint density at radius 3 is 2.69 bits per heavy atom. The van der Waals surface area contributed by atoms with Gasteiger partial charge in [-0.25, -0.2) is 8.78 Å². The van der Waals surface area contributed by atoms with E-state index in [9.17, 15) is 13.6 Å². The Morgan fingerprint density at radius 1 is 1.62 bits per heavy atom. The van der Waals surface area contributed by atoms with E-state index in [2.05, 4.69) is 0 Å². The number of hydrogen-bond donors (Lipinski definition) is 2. The number of aromatic amines is 1. The molecule has 0 atom stereocenters. The molecule has 6 heteroatoms. The third-order valence-corrected chi connectivity index (χ3v) is 1.38. The van der Waals surface area contributed by atoms with Crippen LogP contribution in [0.25, 0.3) is 0 Å². The van der Waals surface area contributed by atoms with Gasteiger partial charge in [0.1, 0.15) is 23.1 Å². The van der Waals surface area contributed by atoms with Crippen molar-refractivity contribution >= 4 is 0 Å². The Hall–Kier alpha value is -1.90. The summed E-state index contributed by atoms with van der Waals surface area (Å²) in [7, 11) is 0. The van der Waals surface area contributed by atoms with E-state index in [1.54, 1.807) is 4.98 Å². The van der Waals surface area contributed by atoms with Gasteiger partial charge in [-0.2, -0.15) is 5.26 Å². The third kappa shape index (κ3) is 1.64. The minimum absolute atomic E-state index is 0.602. The van der Waals surface area contributed by atoms with Gasteiger partial charge in [0.2, 0.25) is 0 Å². The molecule has 1 heterocycles. The molecule has 0 fully saturated rings. The van der Waals surface area contributed by atoms with Crippen LogP contribution >= 0.6 is 0 Å². The molecule has 4 nitrogen and oxygen atoms in total. The number of halogens is 2. The minimum Gasteiger partial charge on any atom is -0.506 e. The monoisotopic (exact) mass is 186 g/mol. The highest BCUT2D eigenvalue weighted by atomic mass is 19.3. The number of H-pyrrole nitrogens is 1. The van der Waals surface area contributed by atoms with Crippen LogP contribution in [0.4, 0.5) is 8.78 Å². The summed E-state index contributed by atoms with van der Waals surface area (Å²) < 4.78 is 24.3. The molecule has 0 unspecified atom stereocenters. The Balaban J connectivity index is 3.50. The van der Waals surface area contributed by atoms with Crippen molar-refractivity contribution in [1.82, 2.24) is 4.98 Å². The van der Waals surface area contributed by atoms with Crippen LogP contribution in [0.2, 0.25) is 0 Å². The van der Waals surface area contributed by atoms with E-state index < -0.39 is 29.0 Å². The van der Waals surface area contributed by atoms with E-state index in [-0.39, 0.29) is 0 Å². The lowest BCUT2D eigenvalue weighted by Crippen LogP contribution is -2.09. The summed E-state index contributed by atoms with van der Waals surface area (Å²) in [5.41, 5.74) is -2.33. The minimum atomic E-state index is -2.99. The first-order valence-electron chi connectivity index (χ1n) is 3.20. The molecule has 0 aliphatic rings. The largest absolute Gasteiger partial charge is 0.506 e. The lowest BCUT2D eigenvalue weighted by molar-refractivity contribution is 0.145. The Kier molecular flexibility index (Phi) is 2.28. The SMILES string of the molecule is N#Cc1c(O)cc(=O)[nH]c1C(F)F. The van der Waals surface area contributed by atoms with Crippen molar-refractivity contribution in [3.05, 3.63) is 27.7 Å². The van der Waals surface area contributed by atoms with Crippen molar-refractivity contribution in [3.63, 3.8) is 0 Å². The lowest BCUT2D eigenvalue weighted by Gasteiger charge is -2.02. The maximum Gasteiger partial charge on any atom is 0.279 e. The van der Waals surface area contributed by atoms with Crippen LogP contribution < -0.4 is 5.56 Å². The number of alkyl halides is 2. The molecule has 0 bridgehead atoms. The zero-order valence-electron chi connectivity index (χ0n) is 6.21. The number of nitrogens with zero attached hydrogens (tertiary/aromatic N) is 1. The molecule has 1 aromatic rings. The fraction of sp³-hybridized carbons (Fsp3) is 0.143. The number of pyridine rings is 1. The molecule has 1 rings (SSSR count). The van der Waals surface area contributed by atoms with Gasteiger partial charge in [0, 0.05) is 6.07 Å². The second-order valence-electron chi connectivity index (χ2n) is 2.22. The molecule has 13 heavy (non-hydrogen) atoms. The predicted molar refractivity (Wildman–Crippen MR) is 38.4 cm³/mol. The second-order valence-corrected chi connectivity index (χ2v) is 2.22. The maximum absolute atomic E-state index is 12.1. The molecule has 0 aromatic carbocycles. The van der Waals surface area contributed by atoms with Crippen molar-refractivity contribution in [3.8, 4) is 11.8 Å². The van der Waals surface area contributed by atoms with Crippen molar-refractivity contribution in [2.24, 2.45) is 0 Å². The van der Waals surface area contributed by atoms with Gasteiger partial charge in [0.15, 0.2) is 0 Å².